The first-order valence-corrected chi connectivity index (χ1v) is 9.43. The number of hydrogen-bond acceptors (Lipinski definition) is 6. The third-order valence-corrected chi connectivity index (χ3v) is 4.87. The highest BCUT2D eigenvalue weighted by atomic mass is 32.1. The van der Waals surface area contributed by atoms with Crippen LogP contribution in [0.2, 0.25) is 0 Å². The van der Waals surface area contributed by atoms with E-state index in [1.807, 2.05) is 22.8 Å². The number of pyridine rings is 1. The van der Waals surface area contributed by atoms with Gasteiger partial charge in [-0.3, -0.25) is 4.79 Å². The molecule has 0 spiro atoms. The first-order chi connectivity index (χ1) is 12.7. The molecule has 1 aromatic carbocycles. The Morgan fingerprint density at radius 1 is 1.27 bits per heavy atom. The van der Waals surface area contributed by atoms with Crippen molar-refractivity contribution < 1.29 is 14.2 Å². The van der Waals surface area contributed by atoms with E-state index in [0.29, 0.717) is 38.8 Å². The van der Waals surface area contributed by atoms with Crippen molar-refractivity contribution >= 4 is 18.3 Å². The Balaban J connectivity index is 1.62. The van der Waals surface area contributed by atoms with Gasteiger partial charge in [0.15, 0.2) is 0 Å². The van der Waals surface area contributed by atoms with Gasteiger partial charge in [0.1, 0.15) is 11.7 Å². The molecule has 1 N–H and O–H groups in total. The smallest absolute Gasteiger partial charge is 0.253 e. The molecule has 26 heavy (non-hydrogen) atoms. The van der Waals surface area contributed by atoms with Crippen molar-refractivity contribution in [2.24, 2.45) is 0 Å². The minimum Gasteiger partial charge on any atom is -0.483 e. The van der Waals surface area contributed by atoms with Crippen LogP contribution in [0.25, 0.3) is 11.3 Å². The number of nitrogens with zero attached hydrogens (tertiary/aromatic N) is 1. The predicted molar refractivity (Wildman–Crippen MR) is 103 cm³/mol. The first kappa shape index (κ1) is 17.5. The molecule has 0 bridgehead atoms. The Hall–Kier alpha value is -1.96. The number of benzene rings is 1. The second-order valence-electron chi connectivity index (χ2n) is 6.41. The Morgan fingerprint density at radius 3 is 3.00 bits per heavy atom. The molecule has 3 heterocycles. The monoisotopic (exact) mass is 374 g/mol. The van der Waals surface area contributed by atoms with E-state index in [1.165, 1.54) is 5.56 Å². The van der Waals surface area contributed by atoms with Gasteiger partial charge in [0.2, 0.25) is 0 Å². The topological polar surface area (TPSA) is 61.7 Å². The molecule has 0 amide bonds. The normalized spacial score (nSPS) is 18.7. The van der Waals surface area contributed by atoms with Crippen molar-refractivity contribution in [2.45, 2.75) is 19.1 Å². The molecule has 2 aliphatic rings. The summed E-state index contributed by atoms with van der Waals surface area (Å²) in [6, 6.07) is 9.67. The molecular weight excluding hydrogens is 352 g/mol. The van der Waals surface area contributed by atoms with Crippen molar-refractivity contribution in [3.63, 3.8) is 0 Å². The van der Waals surface area contributed by atoms with Crippen LogP contribution in [0.3, 0.4) is 0 Å². The number of rotatable bonds is 5. The number of fused-ring (bicyclic) bond motifs is 3. The number of aromatic nitrogens is 1. The van der Waals surface area contributed by atoms with E-state index < -0.39 is 0 Å². The summed E-state index contributed by atoms with van der Waals surface area (Å²) in [7, 11) is 0. The highest BCUT2D eigenvalue weighted by molar-refractivity contribution is 7.80. The van der Waals surface area contributed by atoms with Crippen LogP contribution in [0.4, 0.5) is 5.69 Å². The fraction of sp³-hybridized carbons (Fsp3) is 0.421. The number of aryl methyl sites for hydroxylation is 1. The predicted octanol–water partition coefficient (Wildman–Crippen LogP) is 2.16. The van der Waals surface area contributed by atoms with E-state index in [1.54, 1.807) is 6.07 Å². The third-order valence-electron chi connectivity index (χ3n) is 4.74. The Bertz CT molecular complexity index is 846. The van der Waals surface area contributed by atoms with Gasteiger partial charge < -0.3 is 24.1 Å². The fourth-order valence-corrected chi connectivity index (χ4v) is 3.60. The average molecular weight is 374 g/mol. The van der Waals surface area contributed by atoms with Gasteiger partial charge in [0.25, 0.3) is 5.56 Å². The van der Waals surface area contributed by atoms with Crippen LogP contribution in [0.5, 0.6) is 5.75 Å². The van der Waals surface area contributed by atoms with E-state index in [0.717, 1.165) is 29.1 Å². The molecule has 1 aromatic heterocycles. The van der Waals surface area contributed by atoms with Gasteiger partial charge in [0.05, 0.1) is 31.6 Å². The van der Waals surface area contributed by atoms with Crippen LogP contribution in [-0.2, 0) is 22.4 Å². The number of nitrogens with one attached hydrogen (secondary N) is 1. The van der Waals surface area contributed by atoms with Gasteiger partial charge >= 0.3 is 0 Å². The first-order valence-electron chi connectivity index (χ1n) is 8.79. The lowest BCUT2D eigenvalue weighted by atomic mass is 9.97. The van der Waals surface area contributed by atoms with Gasteiger partial charge in [-0.15, -0.1) is 12.6 Å². The van der Waals surface area contributed by atoms with Gasteiger partial charge in [0, 0.05) is 30.4 Å². The van der Waals surface area contributed by atoms with Crippen molar-refractivity contribution in [2.75, 3.05) is 37.6 Å². The molecule has 2 aromatic rings. The van der Waals surface area contributed by atoms with Gasteiger partial charge in [-0.25, -0.2) is 0 Å². The summed E-state index contributed by atoms with van der Waals surface area (Å²) < 4.78 is 18.4. The van der Waals surface area contributed by atoms with Crippen LogP contribution in [-0.4, -0.2) is 43.0 Å². The molecule has 7 heteroatoms. The minimum atomic E-state index is -0.00280. The maximum Gasteiger partial charge on any atom is 0.253 e. The van der Waals surface area contributed by atoms with E-state index in [-0.39, 0.29) is 11.7 Å². The second-order valence-corrected chi connectivity index (χ2v) is 6.67. The Morgan fingerprint density at radius 2 is 2.19 bits per heavy atom. The summed E-state index contributed by atoms with van der Waals surface area (Å²) in [6.45, 7) is 3.13. The molecule has 0 saturated carbocycles. The molecule has 0 aliphatic carbocycles. The Labute approximate surface area is 157 Å². The SMILES string of the molecule is O=c1cc(NCC2COCCO2)cc2n1CCc1ccc(OCS)cc1-2. The largest absolute Gasteiger partial charge is 0.483 e. The van der Waals surface area contributed by atoms with E-state index in [4.69, 9.17) is 14.2 Å². The number of ether oxygens (including phenoxy) is 3. The zero-order valence-electron chi connectivity index (χ0n) is 14.4. The van der Waals surface area contributed by atoms with Crippen molar-refractivity contribution in [3.8, 4) is 17.0 Å². The molecule has 1 saturated heterocycles. The van der Waals surface area contributed by atoms with Crippen LogP contribution in [0.15, 0.2) is 35.1 Å². The second kappa shape index (κ2) is 7.73. The molecule has 1 atom stereocenters. The third kappa shape index (κ3) is 3.60. The summed E-state index contributed by atoms with van der Waals surface area (Å²) >= 11 is 4.11. The van der Waals surface area contributed by atoms with Crippen molar-refractivity contribution in [1.29, 1.82) is 0 Å². The summed E-state index contributed by atoms with van der Waals surface area (Å²) in [4.78, 5) is 12.6. The lowest BCUT2D eigenvalue weighted by Crippen LogP contribution is -2.34. The molecule has 1 fully saturated rings. The molecule has 138 valence electrons. The molecular formula is C19H22N2O4S. The van der Waals surface area contributed by atoms with Crippen molar-refractivity contribution in [1.82, 2.24) is 4.57 Å². The van der Waals surface area contributed by atoms with Crippen molar-refractivity contribution in [3.05, 3.63) is 46.2 Å². The van der Waals surface area contributed by atoms with Gasteiger partial charge in [-0.1, -0.05) is 6.07 Å². The number of thiol groups is 1. The Kier molecular flexibility index (Phi) is 5.19. The minimum absolute atomic E-state index is 0.00280. The zero-order chi connectivity index (χ0) is 17.9. The van der Waals surface area contributed by atoms with Crippen LogP contribution in [0, 0.1) is 0 Å². The van der Waals surface area contributed by atoms with E-state index in [2.05, 4.69) is 24.0 Å². The quantitative estimate of drug-likeness (QED) is 0.620. The maximum absolute atomic E-state index is 12.6. The highest BCUT2D eigenvalue weighted by Gasteiger charge is 2.19. The van der Waals surface area contributed by atoms with Crippen LogP contribution in [0.1, 0.15) is 5.56 Å². The van der Waals surface area contributed by atoms with E-state index in [9.17, 15) is 4.79 Å². The molecule has 1 unspecified atom stereocenters. The number of hydrogen-bond donors (Lipinski definition) is 2. The fourth-order valence-electron chi connectivity index (χ4n) is 3.45. The molecule has 0 radical (unpaired) electrons. The average Bonchev–Trinajstić information content (AvgIpc) is 2.67. The number of anilines is 1. The van der Waals surface area contributed by atoms with Crippen LogP contribution < -0.4 is 15.6 Å². The highest BCUT2D eigenvalue weighted by Crippen LogP contribution is 2.32. The molecule has 6 nitrogen and oxygen atoms in total. The molecule has 2 aliphatic heterocycles. The summed E-state index contributed by atoms with van der Waals surface area (Å²) in [6.07, 6.45) is 0.842. The van der Waals surface area contributed by atoms with Gasteiger partial charge in [-0.2, -0.15) is 0 Å². The summed E-state index contributed by atoms with van der Waals surface area (Å²) in [5, 5.41) is 3.31. The lowest BCUT2D eigenvalue weighted by molar-refractivity contribution is -0.0818. The summed E-state index contributed by atoms with van der Waals surface area (Å²) in [5.41, 5.74) is 3.96. The van der Waals surface area contributed by atoms with Gasteiger partial charge in [-0.05, 0) is 30.2 Å². The zero-order valence-corrected chi connectivity index (χ0v) is 15.3. The maximum atomic E-state index is 12.6. The summed E-state index contributed by atoms with van der Waals surface area (Å²) in [5.74, 6) is 1.07. The van der Waals surface area contributed by atoms with Crippen LogP contribution >= 0.6 is 12.6 Å². The molecule has 4 rings (SSSR count). The lowest BCUT2D eigenvalue weighted by Gasteiger charge is -2.25. The van der Waals surface area contributed by atoms with E-state index >= 15 is 0 Å². The standard InChI is InChI=1S/C19H22N2O4S/c22-19-8-14(20-10-16-11-23-5-6-24-16)7-18-17-9-15(25-12-26)2-1-13(17)3-4-21(18)19/h1-2,7-9,16,20,26H,3-6,10-12H2.